The van der Waals surface area contributed by atoms with E-state index in [1.165, 1.54) is 0 Å². The van der Waals surface area contributed by atoms with Gasteiger partial charge in [0.25, 0.3) is 0 Å². The van der Waals surface area contributed by atoms with E-state index in [4.69, 9.17) is 140 Å². The van der Waals surface area contributed by atoms with Crippen molar-refractivity contribution in [2.75, 3.05) is 92.5 Å². The summed E-state index contributed by atoms with van der Waals surface area (Å²) in [5.74, 6) is -6.67. The van der Waals surface area contributed by atoms with Gasteiger partial charge in [0.05, 0.1) is 66.1 Å². The van der Waals surface area contributed by atoms with Crippen LogP contribution in [0.1, 0.15) is 6.92 Å². The monoisotopic (exact) mass is 1440 g/mol. The van der Waals surface area contributed by atoms with Crippen LogP contribution < -0.4 is 0 Å². The Morgan fingerprint density at radius 3 is 0.583 bits per heavy atom. The van der Waals surface area contributed by atoms with Crippen LogP contribution in [0.3, 0.4) is 0 Å². The van der Waals surface area contributed by atoms with Crippen LogP contribution in [0.25, 0.3) is 0 Å². The highest BCUT2D eigenvalue weighted by molar-refractivity contribution is 5.01. The lowest BCUT2D eigenvalue weighted by Crippen LogP contribution is -2.62. The van der Waals surface area contributed by atoms with Crippen LogP contribution in [0.2, 0.25) is 0 Å². The molecule has 37 N–H and O–H groups in total. The Morgan fingerprint density at radius 1 is 0.271 bits per heavy atom. The minimum absolute atomic E-state index is 0.250. The number of hydrogen-bond acceptors (Lipinski definition) is 46. The molecule has 46 nitrogen and oxygen atoms in total. The molecule has 0 radical (unpaired) electrons. The van der Waals surface area contributed by atoms with E-state index in [0.29, 0.717) is 0 Å². The normalized spacial score (nSPS) is 42.3. The molecule has 6 aliphatic rings. The molecular weight excluding hydrogens is 1340 g/mol. The van der Waals surface area contributed by atoms with Gasteiger partial charge in [0.2, 0.25) is 17.4 Å². The average molecular weight is 1440 g/mol. The Kier molecular flexibility index (Phi) is 41.6. The van der Waals surface area contributed by atoms with Gasteiger partial charge in [-0.1, -0.05) is 0 Å². The zero-order valence-corrected chi connectivity index (χ0v) is 51.1. The Morgan fingerprint density at radius 2 is 0.448 bits per heavy atom. The van der Waals surface area contributed by atoms with E-state index in [1.807, 2.05) is 0 Å². The third kappa shape index (κ3) is 22.8. The zero-order chi connectivity index (χ0) is 74.2. The van der Waals surface area contributed by atoms with Crippen molar-refractivity contribution in [3.8, 4) is 0 Å². The summed E-state index contributed by atoms with van der Waals surface area (Å²) in [5, 5.41) is 342. The molecule has 0 aromatic heterocycles. The van der Waals surface area contributed by atoms with E-state index in [2.05, 4.69) is 0 Å². The number of aliphatic hydroxyl groups excluding tert-OH is 37. The second-order valence-electron chi connectivity index (χ2n) is 22.0. The second-order valence-corrected chi connectivity index (χ2v) is 22.0. The van der Waals surface area contributed by atoms with E-state index < -0.39 is 299 Å². The lowest BCUT2D eigenvalue weighted by Gasteiger charge is -2.43. The molecule has 6 aliphatic heterocycles. The topological polar surface area (TPSA) is 832 Å². The fraction of sp³-hybridized carbons (Fsp3) is 1.00. The summed E-state index contributed by atoms with van der Waals surface area (Å²) in [7, 11) is 0. The first-order chi connectivity index (χ1) is 44.9. The summed E-state index contributed by atoms with van der Waals surface area (Å²) in [6.07, 6.45) is -50.7. The van der Waals surface area contributed by atoms with Crippen molar-refractivity contribution in [2.45, 2.75) is 220 Å². The fourth-order valence-corrected chi connectivity index (χ4v) is 9.24. The molecule has 96 heavy (non-hydrogen) atoms. The Balaban J connectivity index is 0.000000609. The molecule has 6 heterocycles. The van der Waals surface area contributed by atoms with Gasteiger partial charge in [-0.15, -0.1) is 0 Å². The number of hydrogen-bond donors (Lipinski definition) is 37. The third-order valence-electron chi connectivity index (χ3n) is 15.2. The standard InChI is InChI=1S/3C12H22O11.2C6H14O6.C2H6O/c3*13-1-4-6(16)8(18)9(19)11(21-4)23-12(3-15)10(20)7(17)5(2-14)22-12;2*7-1-3(9)5(11)6(12)4(10)2-8;1-2-3/h3*4-11,13-20H,1-3H2;2*3-12H,1-2H2;3H,2H2,1H3/t3*4-,5-,6-,7-,8+,9-,10+,11-,12+;2*3-,4-,5-,6-;/m11111./s1. The number of aliphatic hydroxyl groups is 37. The predicted molar refractivity (Wildman–Crippen MR) is 295 cm³/mol. The van der Waals surface area contributed by atoms with Gasteiger partial charge >= 0.3 is 0 Å². The molecule has 0 saturated carbocycles. The van der Waals surface area contributed by atoms with Gasteiger partial charge < -0.3 is 232 Å². The molecule has 6 rings (SSSR count). The van der Waals surface area contributed by atoms with E-state index >= 15 is 0 Å². The van der Waals surface area contributed by atoms with Crippen molar-refractivity contribution >= 4 is 0 Å². The maximum Gasteiger partial charge on any atom is 0.224 e. The highest BCUT2D eigenvalue weighted by atomic mass is 16.8. The summed E-state index contributed by atoms with van der Waals surface area (Å²) in [5.41, 5.74) is 0. The van der Waals surface area contributed by atoms with Crippen LogP contribution in [0, 0.1) is 0 Å². The van der Waals surface area contributed by atoms with Crippen LogP contribution in [-0.2, 0) is 42.6 Å². The summed E-state index contributed by atoms with van der Waals surface area (Å²) < 4.78 is 46.3. The van der Waals surface area contributed by atoms with Crippen molar-refractivity contribution in [1.29, 1.82) is 0 Å². The first-order valence-electron chi connectivity index (χ1n) is 29.1. The molecule has 576 valence electrons. The lowest BCUT2D eigenvalue weighted by molar-refractivity contribution is -0.383. The fourth-order valence-electron chi connectivity index (χ4n) is 9.24. The van der Waals surface area contributed by atoms with Crippen LogP contribution in [-0.4, -0.2) is 495 Å². The van der Waals surface area contributed by atoms with Crippen molar-refractivity contribution < 1.29 is 232 Å². The van der Waals surface area contributed by atoms with E-state index in [-0.39, 0.29) is 6.61 Å². The van der Waals surface area contributed by atoms with Gasteiger partial charge in [-0.05, 0) is 6.92 Å². The summed E-state index contributed by atoms with van der Waals surface area (Å²) >= 11 is 0. The predicted octanol–water partition coefficient (Wildman–Crippen LogP) is -23.4. The van der Waals surface area contributed by atoms with E-state index in [1.54, 1.807) is 6.92 Å². The van der Waals surface area contributed by atoms with E-state index in [9.17, 15) is 91.9 Å². The molecule has 6 fully saturated rings. The van der Waals surface area contributed by atoms with Crippen LogP contribution in [0.5, 0.6) is 0 Å². The minimum Gasteiger partial charge on any atom is -0.397 e. The van der Waals surface area contributed by atoms with Crippen LogP contribution >= 0.6 is 0 Å². The van der Waals surface area contributed by atoms with E-state index in [0.717, 1.165) is 0 Å². The molecule has 35 atom stereocenters. The van der Waals surface area contributed by atoms with Crippen LogP contribution in [0.4, 0.5) is 0 Å². The van der Waals surface area contributed by atoms with Gasteiger partial charge in [-0.2, -0.15) is 0 Å². The summed E-state index contributed by atoms with van der Waals surface area (Å²) in [6.45, 7) is -7.94. The van der Waals surface area contributed by atoms with Crippen LogP contribution in [0.15, 0.2) is 0 Å². The Hall–Kier alpha value is -1.84. The molecule has 6 saturated heterocycles. The average Bonchev–Trinajstić information content (AvgIpc) is 1.58. The molecule has 0 bridgehead atoms. The Labute approximate surface area is 543 Å². The lowest BCUT2D eigenvalue weighted by atomic mass is 9.99. The molecule has 0 spiro atoms. The maximum absolute atomic E-state index is 10.00. The molecule has 0 aromatic carbocycles. The van der Waals surface area contributed by atoms with Gasteiger partial charge in [0.1, 0.15) is 197 Å². The quantitative estimate of drug-likeness (QED) is 0.0404. The van der Waals surface area contributed by atoms with Crippen molar-refractivity contribution in [1.82, 2.24) is 0 Å². The SMILES string of the molecule is CCO.OC[C@@H](O)[C@@H](O)[C@H](O)[C@H](O)CO.OC[C@@H](O)[C@@H](O)[C@H](O)[C@H](O)CO.OC[C@H]1O[C@@](CO)(O[C@H]2O[C@H](CO)[C@@H](O)[C@H](O)[C@H]2O)[C@@H](O)[C@@H]1O.OC[C@H]1O[C@@](CO)(O[C@H]2O[C@H](CO)[C@@H](O)[C@H](O)[C@H]2O)[C@@H](O)[C@@H]1O.OC[C@H]1O[C@@](CO)(O[C@H]2O[C@H](CO)[C@@H](O)[C@H](O)[C@H]2O)[C@@H](O)[C@@H]1O. The van der Waals surface area contributed by atoms with Crippen molar-refractivity contribution in [3.63, 3.8) is 0 Å². The summed E-state index contributed by atoms with van der Waals surface area (Å²) in [4.78, 5) is 0. The van der Waals surface area contributed by atoms with Crippen molar-refractivity contribution in [3.05, 3.63) is 0 Å². The smallest absolute Gasteiger partial charge is 0.224 e. The molecule has 0 aliphatic carbocycles. The Bertz CT molecular complexity index is 1810. The second kappa shape index (κ2) is 43.3. The molecule has 0 amide bonds. The third-order valence-corrected chi connectivity index (χ3v) is 15.2. The van der Waals surface area contributed by atoms with Gasteiger partial charge in [-0.25, -0.2) is 0 Å². The zero-order valence-electron chi connectivity index (χ0n) is 51.1. The highest BCUT2D eigenvalue weighted by Crippen LogP contribution is 2.39. The van der Waals surface area contributed by atoms with Gasteiger partial charge in [0, 0.05) is 6.61 Å². The largest absolute Gasteiger partial charge is 0.397 e. The van der Waals surface area contributed by atoms with Gasteiger partial charge in [-0.3, -0.25) is 0 Å². The maximum atomic E-state index is 10.00. The van der Waals surface area contributed by atoms with Gasteiger partial charge in [0.15, 0.2) is 18.9 Å². The first kappa shape index (κ1) is 92.2. The highest BCUT2D eigenvalue weighted by Gasteiger charge is 2.61. The first-order valence-corrected chi connectivity index (χ1v) is 29.1. The minimum atomic E-state index is -2.22. The van der Waals surface area contributed by atoms with Crippen molar-refractivity contribution in [2.24, 2.45) is 0 Å². The molecule has 0 aromatic rings. The molecule has 46 heteroatoms. The number of rotatable bonds is 25. The number of ether oxygens (including phenoxy) is 9. The molecular formula is C50H100O46. The molecule has 0 unspecified atom stereocenters. The summed E-state index contributed by atoms with van der Waals surface area (Å²) in [6, 6.07) is 0.